The molecule has 0 fully saturated rings. The Morgan fingerprint density at radius 2 is 2.00 bits per heavy atom. The van der Waals surface area contributed by atoms with Gasteiger partial charge >= 0.3 is 5.97 Å². The summed E-state index contributed by atoms with van der Waals surface area (Å²) in [5.74, 6) is -0.965. The Kier molecular flexibility index (Phi) is 5.30. The molecule has 0 spiro atoms. The Morgan fingerprint density at radius 1 is 1.27 bits per heavy atom. The highest BCUT2D eigenvalue weighted by atomic mass is 16.4. The van der Waals surface area contributed by atoms with Crippen molar-refractivity contribution in [2.75, 3.05) is 13.6 Å². The average Bonchev–Trinajstić information content (AvgIpc) is 3.02. The van der Waals surface area contributed by atoms with E-state index in [-0.39, 0.29) is 12.3 Å². The number of aromatic nitrogens is 2. The minimum absolute atomic E-state index is 0.0510. The van der Waals surface area contributed by atoms with Gasteiger partial charge in [-0.1, -0.05) is 30.3 Å². The standard InChI is InChI=1S/C16H19N3O3/c1-18(11-5-9-14(20)21)16(22)15(19-12-6-10-17-19)13-7-3-2-4-8-13/h2-4,6-8,10,12,15H,5,9,11H2,1H3,(H,20,21). The fraction of sp³-hybridized carbons (Fsp3) is 0.312. The SMILES string of the molecule is CN(CCCC(=O)O)C(=O)C(c1ccccc1)n1cccn1. The number of likely N-dealkylation sites (N-methyl/N-ethyl adjacent to an activating group) is 1. The molecule has 0 aliphatic carbocycles. The Hall–Kier alpha value is -2.63. The third-order valence-corrected chi connectivity index (χ3v) is 3.40. The smallest absolute Gasteiger partial charge is 0.303 e. The van der Waals surface area contributed by atoms with Gasteiger partial charge in [0.15, 0.2) is 6.04 Å². The minimum atomic E-state index is -0.854. The van der Waals surface area contributed by atoms with Gasteiger partial charge in [-0.2, -0.15) is 5.10 Å². The van der Waals surface area contributed by atoms with Gasteiger partial charge < -0.3 is 10.0 Å². The van der Waals surface area contributed by atoms with E-state index in [0.29, 0.717) is 13.0 Å². The highest BCUT2D eigenvalue weighted by Crippen LogP contribution is 2.19. The first kappa shape index (κ1) is 15.8. The van der Waals surface area contributed by atoms with Crippen LogP contribution in [-0.2, 0) is 9.59 Å². The molecule has 1 unspecified atom stereocenters. The number of carbonyl (C=O) groups is 2. The minimum Gasteiger partial charge on any atom is -0.481 e. The quantitative estimate of drug-likeness (QED) is 0.846. The predicted molar refractivity (Wildman–Crippen MR) is 81.3 cm³/mol. The van der Waals surface area contributed by atoms with Crippen molar-refractivity contribution >= 4 is 11.9 Å². The molecule has 116 valence electrons. The second-order valence-electron chi connectivity index (χ2n) is 5.06. The Morgan fingerprint density at radius 3 is 2.59 bits per heavy atom. The van der Waals surface area contributed by atoms with Crippen LogP contribution in [0, 0.1) is 0 Å². The molecule has 0 radical (unpaired) electrons. The van der Waals surface area contributed by atoms with Crippen LogP contribution in [0.3, 0.4) is 0 Å². The molecule has 0 bridgehead atoms. The van der Waals surface area contributed by atoms with Crippen LogP contribution in [0.5, 0.6) is 0 Å². The summed E-state index contributed by atoms with van der Waals surface area (Å²) in [4.78, 5) is 24.9. The lowest BCUT2D eigenvalue weighted by Crippen LogP contribution is -2.36. The summed E-state index contributed by atoms with van der Waals surface area (Å²) in [5, 5.41) is 12.9. The maximum Gasteiger partial charge on any atom is 0.303 e. The number of benzene rings is 1. The number of nitrogens with zero attached hydrogens (tertiary/aromatic N) is 3. The van der Waals surface area contributed by atoms with E-state index in [2.05, 4.69) is 5.10 Å². The van der Waals surface area contributed by atoms with Crippen LogP contribution < -0.4 is 0 Å². The number of hydrogen-bond acceptors (Lipinski definition) is 3. The summed E-state index contributed by atoms with van der Waals surface area (Å²) < 4.78 is 1.62. The normalized spacial score (nSPS) is 11.9. The zero-order valence-corrected chi connectivity index (χ0v) is 12.4. The van der Waals surface area contributed by atoms with Crippen LogP contribution in [-0.4, -0.2) is 45.3 Å². The topological polar surface area (TPSA) is 75.4 Å². The Balaban J connectivity index is 2.15. The molecule has 1 amide bonds. The zero-order valence-electron chi connectivity index (χ0n) is 12.4. The highest BCUT2D eigenvalue weighted by molar-refractivity contribution is 5.83. The maximum atomic E-state index is 12.7. The molecule has 0 aliphatic rings. The van der Waals surface area contributed by atoms with Crippen LogP contribution in [0.4, 0.5) is 0 Å². The number of hydrogen-bond donors (Lipinski definition) is 1. The monoisotopic (exact) mass is 301 g/mol. The molecule has 0 aliphatic heterocycles. The maximum absolute atomic E-state index is 12.7. The van der Waals surface area contributed by atoms with E-state index in [1.165, 1.54) is 0 Å². The molecule has 1 atom stereocenters. The van der Waals surface area contributed by atoms with Crippen molar-refractivity contribution < 1.29 is 14.7 Å². The summed E-state index contributed by atoms with van der Waals surface area (Å²) in [6.45, 7) is 0.399. The first-order chi connectivity index (χ1) is 10.6. The molecule has 0 saturated carbocycles. The molecule has 6 nitrogen and oxygen atoms in total. The summed E-state index contributed by atoms with van der Waals surface area (Å²) in [5.41, 5.74) is 0.848. The van der Waals surface area contributed by atoms with E-state index in [1.54, 1.807) is 35.1 Å². The molecule has 1 aromatic carbocycles. The number of carboxylic acids is 1. The lowest BCUT2D eigenvalue weighted by molar-refractivity contribution is -0.138. The van der Waals surface area contributed by atoms with Gasteiger partial charge in [0, 0.05) is 32.4 Å². The molecule has 2 rings (SSSR count). The molecule has 1 heterocycles. The van der Waals surface area contributed by atoms with Crippen LogP contribution >= 0.6 is 0 Å². The van der Waals surface area contributed by atoms with Crippen molar-refractivity contribution in [3.63, 3.8) is 0 Å². The summed E-state index contributed by atoms with van der Waals surface area (Å²) in [6, 6.07) is 10.7. The molecule has 2 aromatic rings. The lowest BCUT2D eigenvalue weighted by atomic mass is 10.1. The second-order valence-corrected chi connectivity index (χ2v) is 5.06. The molecular formula is C16H19N3O3. The van der Waals surface area contributed by atoms with Gasteiger partial charge in [0.2, 0.25) is 0 Å². The van der Waals surface area contributed by atoms with E-state index >= 15 is 0 Å². The van der Waals surface area contributed by atoms with Crippen LogP contribution in [0.1, 0.15) is 24.4 Å². The molecule has 1 aromatic heterocycles. The Labute approximate surface area is 129 Å². The Bertz CT molecular complexity index is 611. The highest BCUT2D eigenvalue weighted by Gasteiger charge is 2.25. The van der Waals surface area contributed by atoms with E-state index in [0.717, 1.165) is 5.56 Å². The van der Waals surface area contributed by atoms with Gasteiger partial charge in [0.25, 0.3) is 5.91 Å². The number of carbonyl (C=O) groups excluding carboxylic acids is 1. The van der Waals surface area contributed by atoms with Gasteiger partial charge in [-0.25, -0.2) is 0 Å². The fourth-order valence-corrected chi connectivity index (χ4v) is 2.26. The van der Waals surface area contributed by atoms with Crippen molar-refractivity contribution in [1.29, 1.82) is 0 Å². The number of amides is 1. The van der Waals surface area contributed by atoms with Gasteiger partial charge in [0.1, 0.15) is 0 Å². The third kappa shape index (κ3) is 3.94. The van der Waals surface area contributed by atoms with Crippen molar-refractivity contribution in [1.82, 2.24) is 14.7 Å². The van der Waals surface area contributed by atoms with Crippen LogP contribution in [0.2, 0.25) is 0 Å². The lowest BCUT2D eigenvalue weighted by Gasteiger charge is -2.24. The van der Waals surface area contributed by atoms with Gasteiger partial charge in [-0.15, -0.1) is 0 Å². The van der Waals surface area contributed by atoms with Crippen molar-refractivity contribution in [3.05, 3.63) is 54.4 Å². The third-order valence-electron chi connectivity index (χ3n) is 3.40. The summed E-state index contributed by atoms with van der Waals surface area (Å²) >= 11 is 0. The van der Waals surface area contributed by atoms with E-state index in [4.69, 9.17) is 5.11 Å². The first-order valence-corrected chi connectivity index (χ1v) is 7.10. The van der Waals surface area contributed by atoms with Gasteiger partial charge in [-0.3, -0.25) is 14.3 Å². The number of aliphatic carboxylic acids is 1. The molecule has 0 saturated heterocycles. The van der Waals surface area contributed by atoms with E-state index < -0.39 is 12.0 Å². The van der Waals surface area contributed by atoms with Crippen molar-refractivity contribution in [3.8, 4) is 0 Å². The summed E-state index contributed by atoms with van der Waals surface area (Å²) in [6.07, 6.45) is 3.86. The zero-order chi connectivity index (χ0) is 15.9. The van der Waals surface area contributed by atoms with Gasteiger partial charge in [0.05, 0.1) is 0 Å². The van der Waals surface area contributed by atoms with Crippen LogP contribution in [0.15, 0.2) is 48.8 Å². The second kappa shape index (κ2) is 7.40. The first-order valence-electron chi connectivity index (χ1n) is 7.10. The molecule has 22 heavy (non-hydrogen) atoms. The van der Waals surface area contributed by atoms with Gasteiger partial charge in [-0.05, 0) is 18.1 Å². The van der Waals surface area contributed by atoms with E-state index in [9.17, 15) is 9.59 Å². The number of rotatable bonds is 7. The van der Waals surface area contributed by atoms with E-state index in [1.807, 2.05) is 30.3 Å². The molecule has 6 heteroatoms. The van der Waals surface area contributed by atoms with Crippen molar-refractivity contribution in [2.24, 2.45) is 0 Å². The fourth-order valence-electron chi connectivity index (χ4n) is 2.26. The van der Waals surface area contributed by atoms with Crippen LogP contribution in [0.25, 0.3) is 0 Å². The summed E-state index contributed by atoms with van der Waals surface area (Å²) in [7, 11) is 1.68. The predicted octanol–water partition coefficient (Wildman–Crippen LogP) is 1.80. The average molecular weight is 301 g/mol. The largest absolute Gasteiger partial charge is 0.481 e. The molecule has 1 N–H and O–H groups in total. The number of carboxylic acid groups (broad SMARTS) is 1. The van der Waals surface area contributed by atoms with Crippen molar-refractivity contribution in [2.45, 2.75) is 18.9 Å². The molecular weight excluding hydrogens is 282 g/mol.